The van der Waals surface area contributed by atoms with Gasteiger partial charge in [-0.15, -0.1) is 0 Å². The fourth-order valence-electron chi connectivity index (χ4n) is 2.41. The molecule has 0 radical (unpaired) electrons. The SMILES string of the molecule is CN1CCC(Nc2nccc3c2ncn3C)C1. The van der Waals surface area contributed by atoms with E-state index in [9.17, 15) is 0 Å². The highest BCUT2D eigenvalue weighted by Gasteiger charge is 2.20. The van der Waals surface area contributed by atoms with E-state index >= 15 is 0 Å². The molecule has 5 nitrogen and oxygen atoms in total. The fourth-order valence-corrected chi connectivity index (χ4v) is 2.41. The van der Waals surface area contributed by atoms with Crippen LogP contribution in [0, 0.1) is 0 Å². The quantitative estimate of drug-likeness (QED) is 0.840. The molecule has 1 atom stereocenters. The van der Waals surface area contributed by atoms with E-state index < -0.39 is 0 Å². The summed E-state index contributed by atoms with van der Waals surface area (Å²) in [7, 11) is 4.15. The van der Waals surface area contributed by atoms with Gasteiger partial charge in [0.25, 0.3) is 0 Å². The van der Waals surface area contributed by atoms with E-state index in [0.717, 1.165) is 29.9 Å². The Morgan fingerprint density at radius 3 is 3.00 bits per heavy atom. The summed E-state index contributed by atoms with van der Waals surface area (Å²) in [5.41, 5.74) is 2.08. The Balaban J connectivity index is 1.90. The molecule has 3 heterocycles. The molecule has 2 aromatic rings. The Kier molecular flexibility index (Phi) is 2.48. The summed E-state index contributed by atoms with van der Waals surface area (Å²) in [6, 6.07) is 2.48. The second kappa shape index (κ2) is 4.00. The van der Waals surface area contributed by atoms with Gasteiger partial charge in [0.2, 0.25) is 0 Å². The van der Waals surface area contributed by atoms with E-state index in [4.69, 9.17) is 0 Å². The number of pyridine rings is 1. The first-order chi connectivity index (χ1) is 8.24. The maximum atomic E-state index is 4.40. The van der Waals surface area contributed by atoms with Crippen molar-refractivity contribution in [1.29, 1.82) is 0 Å². The Morgan fingerprint density at radius 2 is 2.24 bits per heavy atom. The van der Waals surface area contributed by atoms with Crippen molar-refractivity contribution in [2.24, 2.45) is 7.05 Å². The van der Waals surface area contributed by atoms with E-state index in [0.29, 0.717) is 6.04 Å². The number of nitrogens with zero attached hydrogens (tertiary/aromatic N) is 4. The maximum Gasteiger partial charge on any atom is 0.154 e. The summed E-state index contributed by atoms with van der Waals surface area (Å²) in [4.78, 5) is 11.1. The van der Waals surface area contributed by atoms with Crippen LogP contribution in [-0.2, 0) is 7.05 Å². The third-order valence-electron chi connectivity index (χ3n) is 3.38. The van der Waals surface area contributed by atoms with Crippen LogP contribution in [0.4, 0.5) is 5.82 Å². The minimum Gasteiger partial charge on any atom is -0.364 e. The summed E-state index contributed by atoms with van der Waals surface area (Å²) in [5, 5.41) is 3.50. The highest BCUT2D eigenvalue weighted by molar-refractivity contribution is 5.85. The topological polar surface area (TPSA) is 46.0 Å². The number of likely N-dealkylation sites (tertiary alicyclic amines) is 1. The van der Waals surface area contributed by atoms with Crippen LogP contribution in [0.2, 0.25) is 0 Å². The second-order valence-corrected chi connectivity index (χ2v) is 4.77. The van der Waals surface area contributed by atoms with Gasteiger partial charge in [-0.1, -0.05) is 0 Å². The number of rotatable bonds is 2. The summed E-state index contributed by atoms with van der Waals surface area (Å²) in [5.74, 6) is 0.906. The van der Waals surface area contributed by atoms with Gasteiger partial charge >= 0.3 is 0 Å². The summed E-state index contributed by atoms with van der Waals surface area (Å²) >= 11 is 0. The van der Waals surface area contributed by atoms with Gasteiger partial charge in [-0.05, 0) is 26.1 Å². The lowest BCUT2D eigenvalue weighted by atomic mass is 10.2. The highest BCUT2D eigenvalue weighted by atomic mass is 15.2. The largest absolute Gasteiger partial charge is 0.364 e. The molecule has 0 aliphatic carbocycles. The first-order valence-corrected chi connectivity index (χ1v) is 5.95. The molecule has 5 heteroatoms. The van der Waals surface area contributed by atoms with Crippen LogP contribution in [0.3, 0.4) is 0 Å². The molecule has 3 rings (SSSR count). The van der Waals surface area contributed by atoms with Gasteiger partial charge in [-0.3, -0.25) is 0 Å². The van der Waals surface area contributed by atoms with Gasteiger partial charge in [0, 0.05) is 25.8 Å². The van der Waals surface area contributed by atoms with Crippen molar-refractivity contribution in [1.82, 2.24) is 19.4 Å². The summed E-state index contributed by atoms with van der Waals surface area (Å²) < 4.78 is 2.02. The molecule has 1 fully saturated rings. The zero-order valence-electron chi connectivity index (χ0n) is 10.2. The number of hydrogen-bond donors (Lipinski definition) is 1. The molecule has 0 aromatic carbocycles. The summed E-state index contributed by atoms with van der Waals surface area (Å²) in [6.45, 7) is 2.22. The molecule has 0 amide bonds. The van der Waals surface area contributed by atoms with Crippen molar-refractivity contribution in [2.45, 2.75) is 12.5 Å². The van der Waals surface area contributed by atoms with E-state index in [1.807, 2.05) is 30.2 Å². The number of aromatic nitrogens is 3. The van der Waals surface area contributed by atoms with E-state index in [2.05, 4.69) is 27.2 Å². The Labute approximate surface area is 100 Å². The Bertz CT molecular complexity index is 533. The minimum absolute atomic E-state index is 0.486. The third kappa shape index (κ3) is 1.86. The van der Waals surface area contributed by atoms with Gasteiger partial charge in [0.1, 0.15) is 5.52 Å². The van der Waals surface area contributed by atoms with Crippen LogP contribution in [-0.4, -0.2) is 45.6 Å². The molecule has 0 saturated carbocycles. The zero-order valence-corrected chi connectivity index (χ0v) is 10.2. The van der Waals surface area contributed by atoms with E-state index in [-0.39, 0.29) is 0 Å². The number of fused-ring (bicyclic) bond motifs is 1. The molecule has 1 N–H and O–H groups in total. The van der Waals surface area contributed by atoms with Crippen molar-refractivity contribution >= 4 is 16.9 Å². The van der Waals surface area contributed by atoms with Crippen LogP contribution >= 0.6 is 0 Å². The number of nitrogens with one attached hydrogen (secondary N) is 1. The molecule has 17 heavy (non-hydrogen) atoms. The molecule has 0 spiro atoms. The summed E-state index contributed by atoms with van der Waals surface area (Å²) in [6.07, 6.45) is 4.84. The number of aryl methyl sites for hydroxylation is 1. The molecular formula is C12H17N5. The first kappa shape index (κ1) is 10.5. The highest BCUT2D eigenvalue weighted by Crippen LogP contribution is 2.21. The smallest absolute Gasteiger partial charge is 0.154 e. The minimum atomic E-state index is 0.486. The van der Waals surface area contributed by atoms with E-state index in [1.54, 1.807) is 0 Å². The fraction of sp³-hybridized carbons (Fsp3) is 0.500. The predicted molar refractivity (Wildman–Crippen MR) is 68.0 cm³/mol. The first-order valence-electron chi connectivity index (χ1n) is 5.95. The van der Waals surface area contributed by atoms with Crippen LogP contribution in [0.25, 0.3) is 11.0 Å². The lowest BCUT2D eigenvalue weighted by molar-refractivity contribution is 0.414. The van der Waals surface area contributed by atoms with Crippen LogP contribution < -0.4 is 5.32 Å². The number of likely N-dealkylation sites (N-methyl/N-ethyl adjacent to an activating group) is 1. The van der Waals surface area contributed by atoms with Crippen molar-refractivity contribution in [3.05, 3.63) is 18.6 Å². The third-order valence-corrected chi connectivity index (χ3v) is 3.38. The van der Waals surface area contributed by atoms with E-state index in [1.165, 1.54) is 6.42 Å². The Morgan fingerprint density at radius 1 is 1.35 bits per heavy atom. The van der Waals surface area contributed by atoms with Gasteiger partial charge in [-0.2, -0.15) is 0 Å². The number of imidazole rings is 1. The standard InChI is InChI=1S/C12H17N5/c1-16-6-4-9(7-16)15-12-11-10(3-5-13-12)17(2)8-14-11/h3,5,8-9H,4,6-7H2,1-2H3,(H,13,15). The average Bonchev–Trinajstić information content (AvgIpc) is 2.88. The lowest BCUT2D eigenvalue weighted by Gasteiger charge is -2.13. The molecule has 1 aliphatic rings. The molecule has 1 saturated heterocycles. The molecule has 90 valence electrons. The van der Waals surface area contributed by atoms with Gasteiger partial charge in [0.05, 0.1) is 11.8 Å². The van der Waals surface area contributed by atoms with Crippen LogP contribution in [0.5, 0.6) is 0 Å². The normalized spacial score (nSPS) is 21.2. The van der Waals surface area contributed by atoms with Gasteiger partial charge in [-0.25, -0.2) is 9.97 Å². The molecule has 1 aliphatic heterocycles. The van der Waals surface area contributed by atoms with Crippen molar-refractivity contribution < 1.29 is 0 Å². The second-order valence-electron chi connectivity index (χ2n) is 4.77. The molecule has 2 aromatic heterocycles. The lowest BCUT2D eigenvalue weighted by Crippen LogP contribution is -2.24. The van der Waals surface area contributed by atoms with Crippen molar-refractivity contribution in [2.75, 3.05) is 25.5 Å². The average molecular weight is 231 g/mol. The number of anilines is 1. The van der Waals surface area contributed by atoms with Crippen molar-refractivity contribution in [3.8, 4) is 0 Å². The number of hydrogen-bond acceptors (Lipinski definition) is 4. The predicted octanol–water partition coefficient (Wildman–Crippen LogP) is 1.08. The Hall–Kier alpha value is -1.62. The zero-order chi connectivity index (χ0) is 11.8. The monoisotopic (exact) mass is 231 g/mol. The van der Waals surface area contributed by atoms with Crippen LogP contribution in [0.15, 0.2) is 18.6 Å². The maximum absolute atomic E-state index is 4.40. The molecular weight excluding hydrogens is 214 g/mol. The van der Waals surface area contributed by atoms with Crippen LogP contribution in [0.1, 0.15) is 6.42 Å². The molecule has 0 bridgehead atoms. The van der Waals surface area contributed by atoms with Gasteiger partial charge in [0.15, 0.2) is 5.82 Å². The van der Waals surface area contributed by atoms with Gasteiger partial charge < -0.3 is 14.8 Å². The van der Waals surface area contributed by atoms with Crippen molar-refractivity contribution in [3.63, 3.8) is 0 Å². The molecule has 1 unspecified atom stereocenters.